The number of esters is 2. The summed E-state index contributed by atoms with van der Waals surface area (Å²) in [5.41, 5.74) is 5.32. The molecule has 0 aromatic rings. The number of ether oxygens (including phenoxy) is 2. The lowest BCUT2D eigenvalue weighted by molar-refractivity contribution is -0.161. The van der Waals surface area contributed by atoms with Crippen LogP contribution in [0.3, 0.4) is 0 Å². The van der Waals surface area contributed by atoms with E-state index in [0.29, 0.717) is 12.8 Å². The fraction of sp³-hybridized carbons (Fsp3) is 0.604. The number of hydrogen-bond acceptors (Lipinski definition) is 11. The highest BCUT2D eigenvalue weighted by atomic mass is 31.2. The summed E-state index contributed by atoms with van der Waals surface area (Å²) in [4.78, 5) is 46.0. The molecule has 0 saturated carbocycles. The highest BCUT2D eigenvalue weighted by Gasteiger charge is 2.28. The molecule has 0 aromatic carbocycles. The lowest BCUT2D eigenvalue weighted by atomic mass is 10.1. The molecule has 5 atom stereocenters. The molecule has 14 heteroatoms. The van der Waals surface area contributed by atoms with Crippen LogP contribution in [0, 0.1) is 0 Å². The number of aliphatic hydroxyl groups excluding tert-OH is 2. The highest BCUT2D eigenvalue weighted by molar-refractivity contribution is 7.47. The molecule has 0 aliphatic rings. The van der Waals surface area contributed by atoms with E-state index in [9.17, 15) is 34.1 Å². The Hall–Kier alpha value is -3.68. The van der Waals surface area contributed by atoms with Crippen molar-refractivity contribution in [3.63, 3.8) is 0 Å². The fourth-order valence-corrected chi connectivity index (χ4v) is 6.14. The molecule has 0 bridgehead atoms. The van der Waals surface area contributed by atoms with Crippen molar-refractivity contribution in [3.8, 4) is 0 Å². The first-order valence-corrected chi connectivity index (χ1v) is 24.0. The maximum atomic E-state index is 12.6. The molecule has 0 saturated heterocycles. The van der Waals surface area contributed by atoms with Crippen molar-refractivity contribution < 1.29 is 57.7 Å². The van der Waals surface area contributed by atoms with Gasteiger partial charge in [-0.15, -0.1) is 0 Å². The van der Waals surface area contributed by atoms with Crippen LogP contribution < -0.4 is 5.73 Å². The Bertz CT molecular complexity index is 1450. The largest absolute Gasteiger partial charge is 0.480 e. The lowest BCUT2D eigenvalue weighted by Gasteiger charge is -2.20. The lowest BCUT2D eigenvalue weighted by Crippen LogP contribution is -2.34. The van der Waals surface area contributed by atoms with Crippen LogP contribution >= 0.6 is 7.82 Å². The van der Waals surface area contributed by atoms with Crippen LogP contribution in [0.15, 0.2) is 97.2 Å². The number of carboxylic acid groups (broad SMARTS) is 1. The van der Waals surface area contributed by atoms with Gasteiger partial charge < -0.3 is 35.4 Å². The van der Waals surface area contributed by atoms with Gasteiger partial charge in [0.2, 0.25) is 0 Å². The Labute approximate surface area is 371 Å². The molecule has 0 fully saturated rings. The van der Waals surface area contributed by atoms with Crippen molar-refractivity contribution in [3.05, 3.63) is 97.2 Å². The zero-order valence-corrected chi connectivity index (χ0v) is 38.3. The number of aliphatic hydroxyl groups is 2. The smallest absolute Gasteiger partial charge is 0.472 e. The highest BCUT2D eigenvalue weighted by Crippen LogP contribution is 2.43. The summed E-state index contributed by atoms with van der Waals surface area (Å²) < 4.78 is 32.5. The number of nitrogens with two attached hydrogens (primary N) is 1. The van der Waals surface area contributed by atoms with Gasteiger partial charge in [0.15, 0.2) is 6.10 Å². The molecular weight excluding hydrogens is 813 g/mol. The average molecular weight is 892 g/mol. The molecule has 0 heterocycles. The summed E-state index contributed by atoms with van der Waals surface area (Å²) in [5, 5.41) is 29.2. The van der Waals surface area contributed by atoms with Crippen molar-refractivity contribution in [1.29, 1.82) is 0 Å². The van der Waals surface area contributed by atoms with E-state index in [-0.39, 0.29) is 25.7 Å². The molecule has 62 heavy (non-hydrogen) atoms. The number of carboxylic acids is 1. The molecule has 0 aliphatic carbocycles. The van der Waals surface area contributed by atoms with Gasteiger partial charge in [-0.25, -0.2) is 4.57 Å². The van der Waals surface area contributed by atoms with Crippen LogP contribution in [0.5, 0.6) is 0 Å². The molecule has 0 aromatic heterocycles. The first kappa shape index (κ1) is 58.3. The molecule has 6 N–H and O–H groups in total. The Morgan fingerprint density at radius 1 is 0.597 bits per heavy atom. The van der Waals surface area contributed by atoms with E-state index in [2.05, 4.69) is 73.1 Å². The van der Waals surface area contributed by atoms with Crippen LogP contribution in [0.25, 0.3) is 0 Å². The van der Waals surface area contributed by atoms with Crippen molar-refractivity contribution in [2.24, 2.45) is 5.73 Å². The van der Waals surface area contributed by atoms with Crippen LogP contribution in [-0.4, -0.2) is 82.3 Å². The van der Waals surface area contributed by atoms with Gasteiger partial charge in [-0.05, 0) is 83.5 Å². The maximum absolute atomic E-state index is 12.6. The standard InChI is InChI=1S/C48H78NO12P/c1-3-5-7-9-11-12-13-14-15-16-17-18-19-20-21-22-23-25-31-37-47(53)61-44(40-59-62(56,57)60-41-45(49)48(54)55)39-58-46(52)38-32-36-43(51)35-30-27-26-29-34-42(50)33-28-24-10-8-6-4-2/h11-12,14-15,17-18,20-21,24,26-30,34-35,42-45,50-51H,3-10,13,16,19,22-23,25,31-33,36-41,49H2,1-2H3,(H,54,55)(H,56,57)/b12-11-,15-14-,18-17-,21-20-,27-26+,28-24-,34-29+,35-30-/t42-,43-,44-,45+/m1/s1. The second-order valence-electron chi connectivity index (χ2n) is 14.9. The first-order chi connectivity index (χ1) is 29.9. The number of allylic oxidation sites excluding steroid dienone is 13. The van der Waals surface area contributed by atoms with E-state index in [0.717, 1.165) is 57.8 Å². The van der Waals surface area contributed by atoms with E-state index >= 15 is 0 Å². The topological polar surface area (TPSA) is 212 Å². The van der Waals surface area contributed by atoms with Gasteiger partial charge in [-0.1, -0.05) is 143 Å². The second-order valence-corrected chi connectivity index (χ2v) is 16.3. The van der Waals surface area contributed by atoms with Gasteiger partial charge >= 0.3 is 25.7 Å². The van der Waals surface area contributed by atoms with Crippen LogP contribution in [0.1, 0.15) is 142 Å². The zero-order valence-electron chi connectivity index (χ0n) is 37.4. The van der Waals surface area contributed by atoms with Gasteiger partial charge in [-0.3, -0.25) is 23.4 Å². The van der Waals surface area contributed by atoms with Crippen LogP contribution in [-0.2, 0) is 37.5 Å². The normalized spacial score (nSPS) is 15.6. The molecule has 0 aliphatic heterocycles. The molecule has 0 radical (unpaired) electrons. The number of carbonyl (C=O) groups is 3. The molecule has 0 amide bonds. The Morgan fingerprint density at radius 3 is 1.66 bits per heavy atom. The number of unbranched alkanes of at least 4 members (excludes halogenated alkanes) is 9. The molecule has 1 unspecified atom stereocenters. The summed E-state index contributed by atoms with van der Waals surface area (Å²) in [5.74, 6) is -2.70. The Balaban J connectivity index is 4.68. The van der Waals surface area contributed by atoms with Gasteiger partial charge in [0.05, 0.1) is 25.4 Å². The van der Waals surface area contributed by atoms with Gasteiger partial charge in [0.25, 0.3) is 0 Å². The number of phosphoric acid groups is 1. The summed E-state index contributed by atoms with van der Waals surface area (Å²) in [6, 6.07) is -1.57. The fourth-order valence-electron chi connectivity index (χ4n) is 5.36. The van der Waals surface area contributed by atoms with Gasteiger partial charge in [-0.2, -0.15) is 0 Å². The summed E-state index contributed by atoms with van der Waals surface area (Å²) in [6.07, 6.45) is 45.3. The van der Waals surface area contributed by atoms with Crippen molar-refractivity contribution >= 4 is 25.7 Å². The Morgan fingerprint density at radius 2 is 1.10 bits per heavy atom. The van der Waals surface area contributed by atoms with Gasteiger partial charge in [0.1, 0.15) is 12.6 Å². The van der Waals surface area contributed by atoms with E-state index in [1.807, 2.05) is 6.08 Å². The minimum absolute atomic E-state index is 0.0515. The minimum atomic E-state index is -4.79. The third-order valence-electron chi connectivity index (χ3n) is 8.99. The van der Waals surface area contributed by atoms with Crippen molar-refractivity contribution in [2.75, 3.05) is 19.8 Å². The SMILES string of the molecule is CCCCC/C=C\C/C=C\C/C=C\C/C=C\CCCCCC(=O)O[C@H](COC(=O)CCC[C@H](O)\C=C/C=C/C=C/[C@H](O)C/C=C\CCCCC)COP(=O)(O)OC[C@H](N)C(=O)O. The van der Waals surface area contributed by atoms with Gasteiger partial charge in [0, 0.05) is 12.8 Å². The van der Waals surface area contributed by atoms with E-state index in [1.54, 1.807) is 36.5 Å². The average Bonchev–Trinajstić information content (AvgIpc) is 3.24. The number of phosphoric ester groups is 1. The van der Waals surface area contributed by atoms with E-state index in [4.69, 9.17) is 24.8 Å². The molecule has 352 valence electrons. The number of rotatable bonds is 40. The Kier molecular flexibility index (Phi) is 38.9. The summed E-state index contributed by atoms with van der Waals surface area (Å²) in [7, 11) is -4.79. The number of aliphatic carboxylic acids is 1. The molecule has 0 rings (SSSR count). The van der Waals surface area contributed by atoms with Crippen molar-refractivity contribution in [1.82, 2.24) is 0 Å². The summed E-state index contributed by atoms with van der Waals surface area (Å²) >= 11 is 0. The quantitative estimate of drug-likeness (QED) is 0.0128. The molecular formula is C48H78NO12P. The number of hydrogen-bond donors (Lipinski definition) is 5. The number of carbonyl (C=O) groups excluding carboxylic acids is 2. The predicted octanol–water partition coefficient (Wildman–Crippen LogP) is 10.0. The van der Waals surface area contributed by atoms with Crippen LogP contribution in [0.4, 0.5) is 0 Å². The zero-order chi connectivity index (χ0) is 45.9. The monoisotopic (exact) mass is 892 g/mol. The minimum Gasteiger partial charge on any atom is -0.480 e. The third kappa shape index (κ3) is 40.4. The second kappa shape index (κ2) is 41.3. The van der Waals surface area contributed by atoms with E-state index in [1.165, 1.54) is 32.1 Å². The maximum Gasteiger partial charge on any atom is 0.472 e. The molecule has 0 spiro atoms. The van der Waals surface area contributed by atoms with Crippen molar-refractivity contribution in [2.45, 2.75) is 167 Å². The predicted molar refractivity (Wildman–Crippen MR) is 247 cm³/mol. The third-order valence-corrected chi connectivity index (χ3v) is 9.95. The molecule has 13 nitrogen and oxygen atoms in total. The van der Waals surface area contributed by atoms with E-state index < -0.39 is 69.9 Å². The van der Waals surface area contributed by atoms with Crippen LogP contribution in [0.2, 0.25) is 0 Å². The first-order valence-electron chi connectivity index (χ1n) is 22.5. The summed E-state index contributed by atoms with van der Waals surface area (Å²) in [6.45, 7) is 2.41.